The van der Waals surface area contributed by atoms with E-state index in [-0.39, 0.29) is 11.8 Å². The first-order chi connectivity index (χ1) is 5.26. The monoisotopic (exact) mass is 177 g/mol. The molecule has 0 unspecified atom stereocenters. The molecule has 0 aromatic heterocycles. The highest BCUT2D eigenvalue weighted by molar-refractivity contribution is 6.18. The van der Waals surface area contributed by atoms with E-state index >= 15 is 0 Å². The normalized spacial score (nSPS) is 10.2. The van der Waals surface area contributed by atoms with Gasteiger partial charge in [-0.1, -0.05) is 13.8 Å². The number of amides is 1. The zero-order valence-electron chi connectivity index (χ0n) is 7.19. The number of nitrogens with one attached hydrogen (secondary N) is 1. The smallest absolute Gasteiger partial charge is 0.223 e. The van der Waals surface area contributed by atoms with E-state index in [4.69, 9.17) is 11.6 Å². The molecule has 0 bridgehead atoms. The zero-order valence-corrected chi connectivity index (χ0v) is 7.95. The van der Waals surface area contributed by atoms with Crippen molar-refractivity contribution >= 4 is 17.5 Å². The Labute approximate surface area is 73.3 Å². The molecule has 1 N–H and O–H groups in total. The lowest BCUT2D eigenvalue weighted by Crippen LogP contribution is -2.31. The molecule has 0 saturated carbocycles. The molecule has 0 fully saturated rings. The van der Waals surface area contributed by atoms with Crippen molar-refractivity contribution in [1.29, 1.82) is 0 Å². The Kier molecular flexibility index (Phi) is 6.33. The number of carbonyl (C=O) groups excluding carboxylic acids is 1. The second-order valence-corrected chi connectivity index (χ2v) is 2.87. The highest BCUT2D eigenvalue weighted by Gasteiger charge is 2.12. The van der Waals surface area contributed by atoms with Crippen LogP contribution in [0.3, 0.4) is 0 Å². The molecule has 0 spiro atoms. The van der Waals surface area contributed by atoms with Crippen LogP contribution in [0.15, 0.2) is 0 Å². The van der Waals surface area contributed by atoms with Gasteiger partial charge in [0.2, 0.25) is 5.91 Å². The quantitative estimate of drug-likeness (QED) is 0.638. The summed E-state index contributed by atoms with van der Waals surface area (Å²) in [5, 5.41) is 2.76. The summed E-state index contributed by atoms with van der Waals surface area (Å²) in [5.74, 6) is 0.792. The molecule has 11 heavy (non-hydrogen) atoms. The van der Waals surface area contributed by atoms with Crippen molar-refractivity contribution < 1.29 is 4.79 Å². The van der Waals surface area contributed by atoms with Gasteiger partial charge in [-0.3, -0.25) is 4.79 Å². The average molecular weight is 178 g/mol. The summed E-state index contributed by atoms with van der Waals surface area (Å²) in [6, 6.07) is 0. The molecule has 3 heteroatoms. The van der Waals surface area contributed by atoms with Crippen LogP contribution in [-0.4, -0.2) is 18.3 Å². The van der Waals surface area contributed by atoms with Gasteiger partial charge in [-0.05, 0) is 12.8 Å². The molecular weight excluding hydrogens is 162 g/mol. The van der Waals surface area contributed by atoms with Crippen molar-refractivity contribution in [1.82, 2.24) is 5.32 Å². The maximum Gasteiger partial charge on any atom is 0.223 e. The first-order valence-electron chi connectivity index (χ1n) is 4.09. The SMILES string of the molecule is CCC(CC)C(=O)NCCCl. The Morgan fingerprint density at radius 1 is 1.45 bits per heavy atom. The number of carbonyl (C=O) groups is 1. The van der Waals surface area contributed by atoms with E-state index in [0.29, 0.717) is 12.4 Å². The van der Waals surface area contributed by atoms with Gasteiger partial charge in [0.15, 0.2) is 0 Å². The summed E-state index contributed by atoms with van der Waals surface area (Å²) < 4.78 is 0. The van der Waals surface area contributed by atoms with E-state index in [0.717, 1.165) is 12.8 Å². The van der Waals surface area contributed by atoms with Crippen molar-refractivity contribution in [2.75, 3.05) is 12.4 Å². The summed E-state index contributed by atoms with van der Waals surface area (Å²) in [5.41, 5.74) is 0. The first-order valence-corrected chi connectivity index (χ1v) is 4.63. The fraction of sp³-hybridized carbons (Fsp3) is 0.875. The van der Waals surface area contributed by atoms with Crippen LogP contribution in [-0.2, 0) is 4.79 Å². The third kappa shape index (κ3) is 4.25. The van der Waals surface area contributed by atoms with Crippen molar-refractivity contribution in [3.63, 3.8) is 0 Å². The summed E-state index contributed by atoms with van der Waals surface area (Å²) in [7, 11) is 0. The Bertz CT molecular complexity index is 113. The van der Waals surface area contributed by atoms with Crippen LogP contribution in [0.1, 0.15) is 26.7 Å². The lowest BCUT2D eigenvalue weighted by Gasteiger charge is -2.11. The van der Waals surface area contributed by atoms with Crippen LogP contribution in [0.5, 0.6) is 0 Å². The van der Waals surface area contributed by atoms with E-state index < -0.39 is 0 Å². The largest absolute Gasteiger partial charge is 0.355 e. The topological polar surface area (TPSA) is 29.1 Å². The van der Waals surface area contributed by atoms with E-state index in [1.165, 1.54) is 0 Å². The highest BCUT2D eigenvalue weighted by atomic mass is 35.5. The summed E-state index contributed by atoms with van der Waals surface area (Å²) in [6.45, 7) is 4.62. The first kappa shape index (κ1) is 10.8. The maximum atomic E-state index is 11.2. The predicted octanol–water partition coefficient (Wildman–Crippen LogP) is 1.78. The van der Waals surface area contributed by atoms with E-state index in [1.807, 2.05) is 13.8 Å². The van der Waals surface area contributed by atoms with Crippen LogP contribution < -0.4 is 5.32 Å². The molecule has 0 rings (SSSR count). The van der Waals surface area contributed by atoms with Crippen LogP contribution >= 0.6 is 11.6 Å². The van der Waals surface area contributed by atoms with Crippen LogP contribution in [0, 0.1) is 5.92 Å². The van der Waals surface area contributed by atoms with Gasteiger partial charge in [-0.2, -0.15) is 0 Å². The Hall–Kier alpha value is -0.240. The molecule has 2 nitrogen and oxygen atoms in total. The van der Waals surface area contributed by atoms with Gasteiger partial charge in [0.25, 0.3) is 0 Å². The predicted molar refractivity (Wildman–Crippen MR) is 47.8 cm³/mol. The molecular formula is C8H16ClNO. The van der Waals surface area contributed by atoms with Crippen molar-refractivity contribution in [2.24, 2.45) is 5.92 Å². The van der Waals surface area contributed by atoms with Crippen molar-refractivity contribution in [3.05, 3.63) is 0 Å². The second-order valence-electron chi connectivity index (χ2n) is 2.49. The fourth-order valence-corrected chi connectivity index (χ4v) is 1.07. The molecule has 0 aliphatic carbocycles. The minimum atomic E-state index is 0.135. The number of halogens is 1. The summed E-state index contributed by atoms with van der Waals surface area (Å²) in [6.07, 6.45) is 1.81. The lowest BCUT2D eigenvalue weighted by molar-refractivity contribution is -0.125. The second kappa shape index (κ2) is 6.47. The number of hydrogen-bond donors (Lipinski definition) is 1. The third-order valence-electron chi connectivity index (χ3n) is 1.75. The molecule has 0 heterocycles. The van der Waals surface area contributed by atoms with E-state index in [9.17, 15) is 4.79 Å². The van der Waals surface area contributed by atoms with Gasteiger partial charge in [0, 0.05) is 18.3 Å². The highest BCUT2D eigenvalue weighted by Crippen LogP contribution is 2.06. The van der Waals surface area contributed by atoms with Crippen molar-refractivity contribution in [2.45, 2.75) is 26.7 Å². The zero-order chi connectivity index (χ0) is 8.69. The maximum absolute atomic E-state index is 11.2. The van der Waals surface area contributed by atoms with Gasteiger partial charge in [-0.15, -0.1) is 11.6 Å². The average Bonchev–Trinajstić information content (AvgIpc) is 2.03. The molecule has 66 valence electrons. The standard InChI is InChI=1S/C8H16ClNO/c1-3-7(4-2)8(11)10-6-5-9/h7H,3-6H2,1-2H3,(H,10,11). The number of alkyl halides is 1. The number of rotatable bonds is 5. The van der Waals surface area contributed by atoms with Crippen LogP contribution in [0.2, 0.25) is 0 Å². The third-order valence-corrected chi connectivity index (χ3v) is 1.94. The molecule has 0 aromatic rings. The van der Waals surface area contributed by atoms with Crippen LogP contribution in [0.4, 0.5) is 0 Å². The van der Waals surface area contributed by atoms with Gasteiger partial charge < -0.3 is 5.32 Å². The lowest BCUT2D eigenvalue weighted by atomic mass is 10.0. The van der Waals surface area contributed by atoms with Gasteiger partial charge in [-0.25, -0.2) is 0 Å². The minimum absolute atomic E-state index is 0.135. The van der Waals surface area contributed by atoms with E-state index in [2.05, 4.69) is 5.32 Å². The van der Waals surface area contributed by atoms with Gasteiger partial charge >= 0.3 is 0 Å². The fourth-order valence-electron chi connectivity index (χ4n) is 0.974. The molecule has 0 aliphatic rings. The summed E-state index contributed by atoms with van der Waals surface area (Å²) in [4.78, 5) is 11.2. The van der Waals surface area contributed by atoms with Crippen molar-refractivity contribution in [3.8, 4) is 0 Å². The summed E-state index contributed by atoms with van der Waals surface area (Å²) >= 11 is 5.42. The molecule has 0 radical (unpaired) electrons. The minimum Gasteiger partial charge on any atom is -0.355 e. The molecule has 0 aliphatic heterocycles. The molecule has 0 saturated heterocycles. The Morgan fingerprint density at radius 3 is 2.36 bits per heavy atom. The molecule has 0 atom stereocenters. The van der Waals surface area contributed by atoms with E-state index in [1.54, 1.807) is 0 Å². The van der Waals surface area contributed by atoms with Gasteiger partial charge in [0.1, 0.15) is 0 Å². The molecule has 0 aromatic carbocycles. The Balaban J connectivity index is 3.61. The van der Waals surface area contributed by atoms with Gasteiger partial charge in [0.05, 0.1) is 0 Å². The molecule has 1 amide bonds. The Morgan fingerprint density at radius 2 is 2.00 bits per heavy atom. The van der Waals surface area contributed by atoms with Crippen LogP contribution in [0.25, 0.3) is 0 Å². The number of hydrogen-bond acceptors (Lipinski definition) is 1.